The van der Waals surface area contributed by atoms with Crippen molar-refractivity contribution in [3.05, 3.63) is 24.3 Å². The molecule has 5 heteroatoms. The maximum atomic E-state index is 11.5. The van der Waals surface area contributed by atoms with Crippen LogP contribution in [0.1, 0.15) is 6.42 Å². The first-order valence-corrected chi connectivity index (χ1v) is 5.44. The molecule has 2 amide bonds. The van der Waals surface area contributed by atoms with E-state index in [1.165, 1.54) is 0 Å². The maximum Gasteiger partial charge on any atom is 0.319 e. The van der Waals surface area contributed by atoms with Crippen LogP contribution in [-0.4, -0.2) is 33.4 Å². The number of benzene rings is 1. The van der Waals surface area contributed by atoms with Gasteiger partial charge in [-0.25, -0.2) is 4.79 Å². The van der Waals surface area contributed by atoms with E-state index in [9.17, 15) is 4.79 Å². The lowest BCUT2D eigenvalue weighted by Crippen LogP contribution is -2.30. The SMILES string of the molecule is COCCCNC(=O)Nc1cccc(OC)c1. The summed E-state index contributed by atoms with van der Waals surface area (Å²) in [5, 5.41) is 5.46. The summed E-state index contributed by atoms with van der Waals surface area (Å²) in [5.74, 6) is 0.710. The third kappa shape index (κ3) is 5.21. The van der Waals surface area contributed by atoms with Gasteiger partial charge in [-0.1, -0.05) is 6.07 Å². The molecule has 0 aliphatic heterocycles. The van der Waals surface area contributed by atoms with Gasteiger partial charge in [-0.3, -0.25) is 0 Å². The van der Waals surface area contributed by atoms with E-state index >= 15 is 0 Å². The van der Waals surface area contributed by atoms with Crippen LogP contribution in [-0.2, 0) is 4.74 Å². The van der Waals surface area contributed by atoms with Crippen molar-refractivity contribution in [2.45, 2.75) is 6.42 Å². The fourth-order valence-corrected chi connectivity index (χ4v) is 1.29. The quantitative estimate of drug-likeness (QED) is 0.744. The topological polar surface area (TPSA) is 59.6 Å². The molecule has 17 heavy (non-hydrogen) atoms. The van der Waals surface area contributed by atoms with Crippen LogP contribution < -0.4 is 15.4 Å². The Morgan fingerprint density at radius 2 is 2.18 bits per heavy atom. The Kier molecular flexibility index (Phi) is 5.88. The van der Waals surface area contributed by atoms with Gasteiger partial charge < -0.3 is 20.1 Å². The number of amides is 2. The molecule has 0 saturated carbocycles. The third-order valence-corrected chi connectivity index (χ3v) is 2.14. The lowest BCUT2D eigenvalue weighted by molar-refractivity contribution is 0.194. The molecule has 0 atom stereocenters. The van der Waals surface area contributed by atoms with E-state index < -0.39 is 0 Å². The number of rotatable bonds is 6. The number of hydrogen-bond donors (Lipinski definition) is 2. The lowest BCUT2D eigenvalue weighted by atomic mass is 10.3. The van der Waals surface area contributed by atoms with Gasteiger partial charge in [-0.15, -0.1) is 0 Å². The first-order valence-electron chi connectivity index (χ1n) is 5.44. The molecule has 94 valence electrons. The van der Waals surface area contributed by atoms with E-state index in [2.05, 4.69) is 10.6 Å². The summed E-state index contributed by atoms with van der Waals surface area (Å²) in [4.78, 5) is 11.5. The number of nitrogens with one attached hydrogen (secondary N) is 2. The van der Waals surface area contributed by atoms with Crippen LogP contribution in [0.2, 0.25) is 0 Å². The largest absolute Gasteiger partial charge is 0.497 e. The predicted octanol–water partition coefficient (Wildman–Crippen LogP) is 1.85. The molecular weight excluding hydrogens is 220 g/mol. The van der Waals surface area contributed by atoms with Gasteiger partial charge in [-0.2, -0.15) is 0 Å². The molecule has 0 unspecified atom stereocenters. The van der Waals surface area contributed by atoms with Gasteiger partial charge in [0.15, 0.2) is 0 Å². The molecule has 1 aromatic rings. The molecular formula is C12H18N2O3. The minimum atomic E-state index is -0.227. The number of urea groups is 1. The van der Waals surface area contributed by atoms with Crippen LogP contribution in [0, 0.1) is 0 Å². The molecule has 0 radical (unpaired) electrons. The van der Waals surface area contributed by atoms with Gasteiger partial charge in [0.25, 0.3) is 0 Å². The molecule has 0 bridgehead atoms. The number of methoxy groups -OCH3 is 2. The van der Waals surface area contributed by atoms with Gasteiger partial charge >= 0.3 is 6.03 Å². The minimum Gasteiger partial charge on any atom is -0.497 e. The molecule has 0 saturated heterocycles. The molecule has 0 fully saturated rings. The Hall–Kier alpha value is -1.75. The Bertz CT molecular complexity index is 355. The van der Waals surface area contributed by atoms with E-state index in [0.717, 1.165) is 6.42 Å². The first kappa shape index (κ1) is 13.3. The minimum absolute atomic E-state index is 0.227. The molecule has 1 aromatic carbocycles. The van der Waals surface area contributed by atoms with Gasteiger partial charge in [0.2, 0.25) is 0 Å². The van der Waals surface area contributed by atoms with Crippen molar-refractivity contribution in [2.24, 2.45) is 0 Å². The molecule has 2 N–H and O–H groups in total. The molecule has 5 nitrogen and oxygen atoms in total. The zero-order valence-electron chi connectivity index (χ0n) is 10.2. The second-order valence-electron chi connectivity index (χ2n) is 3.46. The maximum absolute atomic E-state index is 11.5. The Labute approximate surface area is 101 Å². The standard InChI is InChI=1S/C12H18N2O3/c1-16-8-4-7-13-12(15)14-10-5-3-6-11(9-10)17-2/h3,5-6,9H,4,7-8H2,1-2H3,(H2,13,14,15). The van der Waals surface area contributed by atoms with Crippen LogP contribution >= 0.6 is 0 Å². The fraction of sp³-hybridized carbons (Fsp3) is 0.417. The normalized spacial score (nSPS) is 9.76. The molecule has 0 aliphatic rings. The average molecular weight is 238 g/mol. The average Bonchev–Trinajstić information content (AvgIpc) is 2.35. The smallest absolute Gasteiger partial charge is 0.319 e. The van der Waals surface area contributed by atoms with Crippen LogP contribution in [0.5, 0.6) is 5.75 Å². The zero-order valence-corrected chi connectivity index (χ0v) is 10.2. The van der Waals surface area contributed by atoms with Crippen LogP contribution in [0.3, 0.4) is 0 Å². The fourth-order valence-electron chi connectivity index (χ4n) is 1.29. The highest BCUT2D eigenvalue weighted by atomic mass is 16.5. The molecule has 0 spiro atoms. The second kappa shape index (κ2) is 7.51. The Morgan fingerprint density at radius 3 is 2.88 bits per heavy atom. The summed E-state index contributed by atoms with van der Waals surface area (Å²) < 4.78 is 9.95. The van der Waals surface area contributed by atoms with E-state index in [4.69, 9.17) is 9.47 Å². The van der Waals surface area contributed by atoms with Crippen LogP contribution in [0.25, 0.3) is 0 Å². The van der Waals surface area contributed by atoms with E-state index in [1.807, 2.05) is 12.1 Å². The highest BCUT2D eigenvalue weighted by Crippen LogP contribution is 2.16. The van der Waals surface area contributed by atoms with Crippen molar-refractivity contribution in [3.63, 3.8) is 0 Å². The molecule has 0 aliphatic carbocycles. The van der Waals surface area contributed by atoms with Crippen molar-refractivity contribution in [3.8, 4) is 5.75 Å². The summed E-state index contributed by atoms with van der Waals surface area (Å²) in [6.45, 7) is 1.23. The number of ether oxygens (including phenoxy) is 2. The van der Waals surface area contributed by atoms with Crippen molar-refractivity contribution < 1.29 is 14.3 Å². The van der Waals surface area contributed by atoms with Crippen LogP contribution in [0.15, 0.2) is 24.3 Å². The molecule has 0 heterocycles. The molecule has 0 aromatic heterocycles. The van der Waals surface area contributed by atoms with E-state index in [1.54, 1.807) is 26.4 Å². The van der Waals surface area contributed by atoms with Gasteiger partial charge in [0.1, 0.15) is 5.75 Å². The third-order valence-electron chi connectivity index (χ3n) is 2.14. The van der Waals surface area contributed by atoms with Crippen molar-refractivity contribution in [1.82, 2.24) is 5.32 Å². The monoisotopic (exact) mass is 238 g/mol. The van der Waals surface area contributed by atoms with Crippen molar-refractivity contribution in [2.75, 3.05) is 32.7 Å². The van der Waals surface area contributed by atoms with Gasteiger partial charge in [0, 0.05) is 32.0 Å². The van der Waals surface area contributed by atoms with Crippen molar-refractivity contribution >= 4 is 11.7 Å². The number of anilines is 1. The summed E-state index contributed by atoms with van der Waals surface area (Å²) in [5.41, 5.74) is 0.702. The summed E-state index contributed by atoms with van der Waals surface area (Å²) in [6, 6.07) is 6.97. The number of carbonyl (C=O) groups excluding carboxylic acids is 1. The lowest BCUT2D eigenvalue weighted by Gasteiger charge is -2.08. The Balaban J connectivity index is 2.34. The highest BCUT2D eigenvalue weighted by molar-refractivity contribution is 5.89. The predicted molar refractivity (Wildman–Crippen MR) is 66.5 cm³/mol. The summed E-state index contributed by atoms with van der Waals surface area (Å²) >= 11 is 0. The molecule has 1 rings (SSSR count). The summed E-state index contributed by atoms with van der Waals surface area (Å²) in [6.07, 6.45) is 0.794. The second-order valence-corrected chi connectivity index (χ2v) is 3.46. The number of hydrogen-bond acceptors (Lipinski definition) is 3. The zero-order chi connectivity index (χ0) is 12.5. The highest BCUT2D eigenvalue weighted by Gasteiger charge is 2.01. The van der Waals surface area contributed by atoms with Crippen molar-refractivity contribution in [1.29, 1.82) is 0 Å². The van der Waals surface area contributed by atoms with E-state index in [-0.39, 0.29) is 6.03 Å². The van der Waals surface area contributed by atoms with Crippen LogP contribution in [0.4, 0.5) is 10.5 Å². The Morgan fingerprint density at radius 1 is 1.35 bits per heavy atom. The van der Waals surface area contributed by atoms with Gasteiger partial charge in [-0.05, 0) is 18.6 Å². The van der Waals surface area contributed by atoms with Gasteiger partial charge in [0.05, 0.1) is 7.11 Å². The van der Waals surface area contributed by atoms with E-state index in [0.29, 0.717) is 24.6 Å². The summed E-state index contributed by atoms with van der Waals surface area (Å²) in [7, 11) is 3.22. The number of carbonyl (C=O) groups is 1. The first-order chi connectivity index (χ1) is 8.26.